The van der Waals surface area contributed by atoms with Gasteiger partial charge in [0.2, 0.25) is 0 Å². The highest BCUT2D eigenvalue weighted by molar-refractivity contribution is 6.64. The molecule has 6 aromatic rings. The van der Waals surface area contributed by atoms with Gasteiger partial charge in [0.25, 0.3) is 10.5 Å². The number of esters is 12. The molecule has 0 spiro atoms. The Morgan fingerprint density at radius 2 is 0.455 bits per heavy atom. The standard InChI is InChI=1S/C32H20Cl6O11.C22H22O9.C8H8Cl2O7.C8H10O9.C4H6O5/c33-17-1-5-23(21(37)9-17)46-25-7-3-19(35)11-27(25)48-31(41)15-44-29(39)13-43-14-30(40)45-16-32(42)49-28-12-20(36)4-8-26(28)47-24-6-2-18(34)10-22(24)38;23-19(30-15-21(25)28-11-17-7-3-1-4-8-17)13-27-14-20(24)31-16-22(26)29-12-18-9-5-2-6-10-18;9-5(11)1-16-7(13)3-15-4-8(14)17-2-6(10)12;9-5(10)1-16-7(13)3-15-4-8(14)17-2-6(11)12;5-3(6)1-9-2-4(7)8/h1-12H,13-16H2;1-10H,11-16H2;1-4H2;1-4H2,(H,9,10)(H,11,12);1-2H2,(H,5,6)(H,7,8). The zero-order valence-electron chi connectivity index (χ0n) is 62.8. The third-order valence-corrected chi connectivity index (χ3v) is 13.7. The number of aliphatic carboxylic acids is 4. The molecule has 0 saturated heterocycles. The van der Waals surface area contributed by atoms with Crippen LogP contribution in [-0.4, -0.2) is 245 Å². The van der Waals surface area contributed by atoms with Gasteiger partial charge in [-0.05, 0) is 95.0 Å². The number of carboxylic acids is 4. The van der Waals surface area contributed by atoms with Crippen LogP contribution in [0.1, 0.15) is 11.1 Å². The van der Waals surface area contributed by atoms with Crippen molar-refractivity contribution in [3.8, 4) is 34.5 Å². The first-order valence-electron chi connectivity index (χ1n) is 33.4. The molecule has 0 aliphatic rings. The van der Waals surface area contributed by atoms with Crippen LogP contribution in [0.3, 0.4) is 0 Å². The molecule has 0 aromatic heterocycles. The van der Waals surface area contributed by atoms with Crippen LogP contribution in [-0.2, 0) is 171 Å². The molecular weight excluding hydrogens is 1830 g/mol. The minimum Gasteiger partial charge on any atom is -0.480 e. The number of rotatable bonds is 46. The van der Waals surface area contributed by atoms with E-state index in [0.717, 1.165) is 11.1 Å². The van der Waals surface area contributed by atoms with Gasteiger partial charge < -0.3 is 110 Å². The monoisotopic (exact) mass is 1890 g/mol. The predicted octanol–water partition coefficient (Wildman–Crippen LogP) is 7.43. The summed E-state index contributed by atoms with van der Waals surface area (Å²) in [6.45, 7) is -11.5. The van der Waals surface area contributed by atoms with Gasteiger partial charge in [-0.1, -0.05) is 130 Å². The summed E-state index contributed by atoms with van der Waals surface area (Å²) in [5, 5.41) is 32.1. The lowest BCUT2D eigenvalue weighted by molar-refractivity contribution is -0.166. The van der Waals surface area contributed by atoms with Crippen molar-refractivity contribution in [2.45, 2.75) is 13.2 Å². The van der Waals surface area contributed by atoms with Crippen molar-refractivity contribution in [2.24, 2.45) is 0 Å². The molecule has 41 nitrogen and oxygen atoms in total. The second-order valence-corrected chi connectivity index (χ2v) is 25.2. The fraction of sp³-hybridized carbons (Fsp3) is 0.270. The molecule has 0 aliphatic heterocycles. The van der Waals surface area contributed by atoms with Crippen LogP contribution in [0.15, 0.2) is 133 Å². The first-order chi connectivity index (χ1) is 58.3. The number of ether oxygens (including phenoxy) is 19. The van der Waals surface area contributed by atoms with Gasteiger partial charge >= 0.3 is 95.5 Å². The van der Waals surface area contributed by atoms with E-state index in [1.807, 2.05) is 12.1 Å². The first kappa shape index (κ1) is 107. The molecule has 0 radical (unpaired) electrons. The summed E-state index contributed by atoms with van der Waals surface area (Å²) in [4.78, 5) is 198. The molecule has 0 fully saturated rings. The van der Waals surface area contributed by atoms with E-state index >= 15 is 0 Å². The first-order valence-corrected chi connectivity index (χ1v) is 36.4. The molecule has 0 saturated carbocycles. The molecule has 0 atom stereocenters. The zero-order valence-corrected chi connectivity index (χ0v) is 68.8. The highest BCUT2D eigenvalue weighted by Crippen LogP contribution is 2.39. The summed E-state index contributed by atoms with van der Waals surface area (Å²) in [6, 6.07) is 35.6. The molecule has 123 heavy (non-hydrogen) atoms. The van der Waals surface area contributed by atoms with Crippen molar-refractivity contribution in [1.29, 1.82) is 0 Å². The quantitative estimate of drug-likeness (QED) is 0.0125. The summed E-state index contributed by atoms with van der Waals surface area (Å²) < 4.78 is 90.7. The summed E-state index contributed by atoms with van der Waals surface area (Å²) in [7, 11) is 0. The number of carboxylic acid groups (broad SMARTS) is 4. The normalized spacial score (nSPS) is 10.0. The van der Waals surface area contributed by atoms with Gasteiger partial charge in [0, 0.05) is 32.2 Å². The van der Waals surface area contributed by atoms with Crippen molar-refractivity contribution in [3.63, 3.8) is 0 Å². The van der Waals surface area contributed by atoms with E-state index in [1.165, 1.54) is 60.7 Å². The largest absolute Gasteiger partial charge is 0.480 e. The molecule has 0 unspecified atom stereocenters. The lowest BCUT2D eigenvalue weighted by Crippen LogP contribution is -2.24. The lowest BCUT2D eigenvalue weighted by Gasteiger charge is -2.13. The molecule has 4 N–H and O–H groups in total. The maximum atomic E-state index is 12.3. The van der Waals surface area contributed by atoms with E-state index in [0.29, 0.717) is 10.0 Å². The lowest BCUT2D eigenvalue weighted by atomic mass is 10.2. The molecule has 0 heterocycles. The summed E-state index contributed by atoms with van der Waals surface area (Å²) in [5.74, 6) is -15.3. The highest BCUT2D eigenvalue weighted by atomic mass is 35.5. The molecular formula is C74H66Cl8O41. The van der Waals surface area contributed by atoms with Crippen LogP contribution in [0.5, 0.6) is 34.5 Å². The Hall–Kier alpha value is -12.1. The molecule has 0 aliphatic carbocycles. The van der Waals surface area contributed by atoms with Gasteiger partial charge in [0.1, 0.15) is 90.8 Å². The molecule has 0 bridgehead atoms. The van der Waals surface area contributed by atoms with Gasteiger partial charge in [-0.3, -0.25) is 9.59 Å². The Labute approximate surface area is 732 Å². The Kier molecular flexibility index (Phi) is 54.0. The number of hydrogen-bond donors (Lipinski definition) is 4. The third kappa shape index (κ3) is 55.5. The van der Waals surface area contributed by atoms with Crippen molar-refractivity contribution < 1.29 is 197 Å². The average molecular weight is 1890 g/mol. The van der Waals surface area contributed by atoms with Crippen LogP contribution >= 0.6 is 92.8 Å². The SMILES string of the molecule is O=C(COCC(=O)OCC(=O)OCc1ccccc1)OCC(=O)OCc1ccccc1.O=C(COCC(=O)OCC(=O)Oc1cc(Cl)ccc1Oc1ccc(Cl)cc1Cl)OCC(=O)Oc1cc(Cl)ccc1Oc1ccc(Cl)cc1Cl.O=C(Cl)COC(=O)COCC(=O)OCC(=O)Cl.O=C(O)COC(=O)COCC(=O)OCC(=O)O.O=C(O)COCC(=O)O. The van der Waals surface area contributed by atoms with Gasteiger partial charge in [-0.25, -0.2) is 76.7 Å². The van der Waals surface area contributed by atoms with E-state index in [9.17, 15) is 86.3 Å². The molecule has 6 aromatic carbocycles. The van der Waals surface area contributed by atoms with E-state index in [4.69, 9.17) is 161 Å². The van der Waals surface area contributed by atoms with Crippen molar-refractivity contribution in [1.82, 2.24) is 0 Å². The van der Waals surface area contributed by atoms with Crippen LogP contribution in [0.25, 0.3) is 0 Å². The fourth-order valence-electron chi connectivity index (χ4n) is 7.05. The fourth-order valence-corrected chi connectivity index (χ4v) is 8.38. The van der Waals surface area contributed by atoms with Gasteiger partial charge in [0.05, 0.1) is 10.0 Å². The maximum absolute atomic E-state index is 12.3. The van der Waals surface area contributed by atoms with Crippen LogP contribution in [0.2, 0.25) is 30.1 Å². The van der Waals surface area contributed by atoms with Gasteiger partial charge in [0.15, 0.2) is 75.9 Å². The van der Waals surface area contributed by atoms with E-state index < -0.39 is 225 Å². The van der Waals surface area contributed by atoms with E-state index in [1.54, 1.807) is 60.7 Å². The molecule has 664 valence electrons. The van der Waals surface area contributed by atoms with Crippen molar-refractivity contribution in [3.05, 3.63) is 175 Å². The molecule has 6 rings (SSSR count). The smallest absolute Gasteiger partial charge is 0.349 e. The number of carbonyl (C=O) groups is 18. The van der Waals surface area contributed by atoms with Crippen LogP contribution < -0.4 is 18.9 Å². The summed E-state index contributed by atoms with van der Waals surface area (Å²) in [6.07, 6.45) is 0. The Balaban J connectivity index is 0.000000588. The number of halogens is 8. The highest BCUT2D eigenvalue weighted by Gasteiger charge is 2.21. The second kappa shape index (κ2) is 62.1. The minimum absolute atomic E-state index is 0.0628. The van der Waals surface area contributed by atoms with Crippen LogP contribution in [0.4, 0.5) is 0 Å². The number of benzene rings is 6. The Morgan fingerprint density at radius 3 is 0.715 bits per heavy atom. The van der Waals surface area contributed by atoms with Crippen molar-refractivity contribution in [2.75, 3.05) is 119 Å². The van der Waals surface area contributed by atoms with E-state index in [2.05, 4.69) is 42.6 Å². The zero-order chi connectivity index (χ0) is 91.6. The van der Waals surface area contributed by atoms with Crippen molar-refractivity contribution >= 4 is 199 Å². The minimum atomic E-state index is -1.32. The van der Waals surface area contributed by atoms with Gasteiger partial charge in [-0.2, -0.15) is 0 Å². The number of hydrogen-bond acceptors (Lipinski definition) is 37. The third-order valence-electron chi connectivity index (χ3n) is 12.0. The topological polar surface area (TPSA) is 564 Å². The molecule has 49 heteroatoms. The Morgan fingerprint density at radius 1 is 0.228 bits per heavy atom. The summed E-state index contributed by atoms with van der Waals surface area (Å²) in [5.41, 5.74) is 1.60. The predicted molar refractivity (Wildman–Crippen MR) is 414 cm³/mol. The van der Waals surface area contributed by atoms with Crippen LogP contribution in [0, 0.1) is 0 Å². The number of carbonyl (C=O) groups excluding carboxylic acids is 14. The Bertz CT molecular complexity index is 4230. The average Bonchev–Trinajstić information content (AvgIpc) is 0.838. The van der Waals surface area contributed by atoms with E-state index in [-0.39, 0.29) is 67.8 Å². The summed E-state index contributed by atoms with van der Waals surface area (Å²) >= 11 is 45.9. The van der Waals surface area contributed by atoms with Gasteiger partial charge in [-0.15, -0.1) is 0 Å². The second-order valence-electron chi connectivity index (χ2n) is 21.8. The maximum Gasteiger partial charge on any atom is 0.349 e. The molecule has 0 amide bonds.